The number of hydrogen-bond donors (Lipinski definition) is 13. The number of carbonyl (C=O) groups is 1. The number of aromatic carboxylic acids is 1. The Morgan fingerprint density at radius 3 is 1.88 bits per heavy atom. The van der Waals surface area contributed by atoms with Gasteiger partial charge < -0.3 is 91.5 Å². The lowest BCUT2D eigenvalue weighted by atomic mass is 9.61. The number of carboxylic acids is 1. The highest BCUT2D eigenvalue weighted by atomic mass is 16.6. The van der Waals surface area contributed by atoms with Gasteiger partial charge in [-0.05, 0) is 53.2 Å². The van der Waals surface area contributed by atoms with Gasteiger partial charge in [0.05, 0.1) is 87.8 Å². The summed E-state index contributed by atoms with van der Waals surface area (Å²) in [7, 11) is 0. The first kappa shape index (κ1) is 47.5. The van der Waals surface area contributed by atoms with Gasteiger partial charge in [0.25, 0.3) is 0 Å². The van der Waals surface area contributed by atoms with Crippen LogP contribution in [0.15, 0.2) is 12.1 Å². The fraction of sp³-hybridized carbons (Fsp3) is 0.816. The molecule has 0 bridgehead atoms. The summed E-state index contributed by atoms with van der Waals surface area (Å²) in [5.41, 5.74) is 1.47. The molecule has 0 radical (unpaired) electrons. The van der Waals surface area contributed by atoms with Gasteiger partial charge in [0.1, 0.15) is 40.3 Å². The van der Waals surface area contributed by atoms with Crippen molar-refractivity contribution >= 4 is 5.97 Å². The van der Waals surface area contributed by atoms with Crippen LogP contribution < -0.4 is 16.8 Å². The van der Waals surface area contributed by atoms with Gasteiger partial charge in [-0.2, -0.15) is 0 Å². The van der Waals surface area contributed by atoms with Crippen molar-refractivity contribution in [3.05, 3.63) is 28.8 Å². The molecule has 3 aliphatic heterocycles. The molecule has 4 rings (SSSR count). The smallest absolute Gasteiger partial charge is 0.339 e. The summed E-state index contributed by atoms with van der Waals surface area (Å²) in [5.74, 6) is -1.84. The molecule has 0 aliphatic carbocycles. The number of hydrogen-bond acceptors (Lipinski definition) is 18. The third-order valence-electron chi connectivity index (χ3n) is 13.4. The average Bonchev–Trinajstić information content (AvgIpc) is 3.13. The molecule has 3 heterocycles. The number of aromatic hydroxyl groups is 1. The molecular weight excluding hydrogens is 754 g/mol. The number of phenols is 1. The normalized spacial score (nSPS) is 45.2. The Kier molecular flexibility index (Phi) is 13.9. The molecule has 15 atom stereocenters. The van der Waals surface area contributed by atoms with E-state index in [1.54, 1.807) is 40.7 Å². The van der Waals surface area contributed by atoms with E-state index in [4.69, 9.17) is 35.2 Å². The molecule has 19 nitrogen and oxygen atoms in total. The number of carboxylic acid groups (broad SMARTS) is 1. The topological polar surface area (TPSA) is 330 Å². The predicted octanol–water partition coefficient (Wildman–Crippen LogP) is -2.82. The van der Waals surface area contributed by atoms with Crippen LogP contribution in [0.2, 0.25) is 0 Å². The van der Waals surface area contributed by atoms with Crippen molar-refractivity contribution in [2.45, 2.75) is 139 Å². The Morgan fingerprint density at radius 2 is 1.35 bits per heavy atom. The van der Waals surface area contributed by atoms with Gasteiger partial charge in [0.15, 0.2) is 6.29 Å². The van der Waals surface area contributed by atoms with Crippen molar-refractivity contribution in [2.24, 2.45) is 22.3 Å². The maximum absolute atomic E-state index is 12.8. The third-order valence-corrected chi connectivity index (χ3v) is 13.4. The summed E-state index contributed by atoms with van der Waals surface area (Å²) in [6.07, 6.45) is -6.53. The van der Waals surface area contributed by atoms with E-state index in [9.17, 15) is 55.9 Å². The molecule has 1 aromatic carbocycles. The van der Waals surface area contributed by atoms with Crippen molar-refractivity contribution in [1.82, 2.24) is 5.32 Å². The summed E-state index contributed by atoms with van der Waals surface area (Å²) in [5, 5.41) is 111. The average molecular weight is 820 g/mol. The van der Waals surface area contributed by atoms with Crippen molar-refractivity contribution in [1.29, 1.82) is 0 Å². The Morgan fingerprint density at radius 1 is 0.807 bits per heavy atom. The highest BCUT2D eigenvalue weighted by Crippen LogP contribution is 2.50. The molecule has 0 spiro atoms. The van der Waals surface area contributed by atoms with E-state index in [1.807, 2.05) is 0 Å². The molecule has 3 aliphatic rings. The molecule has 328 valence electrons. The van der Waals surface area contributed by atoms with Gasteiger partial charge in [-0.3, -0.25) is 0 Å². The molecule has 3 fully saturated rings. The highest BCUT2D eigenvalue weighted by molar-refractivity contribution is 5.91. The Labute approximate surface area is 332 Å². The largest absolute Gasteiger partial charge is 0.507 e. The first-order valence-electron chi connectivity index (χ1n) is 19.0. The van der Waals surface area contributed by atoms with Crippen molar-refractivity contribution in [2.75, 3.05) is 46.2 Å². The van der Waals surface area contributed by atoms with Crippen LogP contribution in [-0.2, 0) is 30.2 Å². The van der Waals surface area contributed by atoms with Gasteiger partial charge in [0, 0.05) is 22.9 Å². The summed E-state index contributed by atoms with van der Waals surface area (Å²) < 4.78 is 30.5. The Balaban J connectivity index is 1.69. The summed E-state index contributed by atoms with van der Waals surface area (Å²) in [4.78, 5) is 11.9. The van der Waals surface area contributed by atoms with Crippen molar-refractivity contribution in [3.63, 3.8) is 0 Å². The maximum Gasteiger partial charge on any atom is 0.339 e. The van der Waals surface area contributed by atoms with Gasteiger partial charge in [-0.15, -0.1) is 0 Å². The first-order valence-corrected chi connectivity index (χ1v) is 19.0. The zero-order valence-corrected chi connectivity index (χ0v) is 34.0. The fourth-order valence-corrected chi connectivity index (χ4v) is 8.87. The molecule has 0 amide bonds. The number of rotatable bonds is 15. The number of ether oxygens (including phenoxy) is 5. The van der Waals surface area contributed by atoms with E-state index < -0.39 is 119 Å². The molecule has 12 unspecified atom stereocenters. The number of benzene rings is 1. The summed E-state index contributed by atoms with van der Waals surface area (Å²) in [6.45, 7) is 8.97. The van der Waals surface area contributed by atoms with E-state index in [1.165, 1.54) is 26.8 Å². The van der Waals surface area contributed by atoms with E-state index >= 15 is 0 Å². The third kappa shape index (κ3) is 8.20. The van der Waals surface area contributed by atoms with Gasteiger partial charge >= 0.3 is 5.97 Å². The minimum absolute atomic E-state index is 0.186. The van der Waals surface area contributed by atoms with Crippen LogP contribution in [0.25, 0.3) is 0 Å². The standard InChI is InChI=1S/C38H65N3O16/c1-19-9-20(25(45)21(10-19)28(47)48)11-41-31-35(5,18-54-15-32(2)23(13-43)55-29(49)26(39)37(32,7)51)57-24(14-44)33(3,38(31,8)52)16-53-17-34(4)30(40)36(6,50)27(46)22(12-42)56-34/h9-10,22-24,26-27,29-31,41-46,49-52H,11-18,39-40H2,1-8H3,(H,47,48)/t22?,23?,24?,26?,27?,29?,30?,31?,32?,33?,34?,35?,36-,37+,38+/m1/s1. The number of aliphatic hydroxyl groups is 8. The molecule has 19 heteroatoms. The van der Waals surface area contributed by atoms with Gasteiger partial charge in [-0.25, -0.2) is 4.79 Å². The number of aliphatic hydroxyl groups excluding tert-OH is 5. The number of nitrogens with one attached hydrogen (secondary N) is 1. The lowest BCUT2D eigenvalue weighted by molar-refractivity contribution is -0.320. The number of nitrogens with two attached hydrogens (primary N) is 2. The summed E-state index contributed by atoms with van der Waals surface area (Å²) >= 11 is 0. The molecule has 1 aromatic rings. The molecule has 0 aromatic heterocycles. The van der Waals surface area contributed by atoms with Gasteiger partial charge in [0.2, 0.25) is 0 Å². The minimum Gasteiger partial charge on any atom is -0.507 e. The molecule has 0 saturated carbocycles. The fourth-order valence-electron chi connectivity index (χ4n) is 8.87. The van der Waals surface area contributed by atoms with E-state index in [0.717, 1.165) is 0 Å². The quantitative estimate of drug-likeness (QED) is 0.0849. The van der Waals surface area contributed by atoms with Crippen LogP contribution in [0.4, 0.5) is 0 Å². The van der Waals surface area contributed by atoms with Gasteiger partial charge in [-0.1, -0.05) is 19.9 Å². The second-order valence-corrected chi connectivity index (χ2v) is 17.7. The molecule has 15 N–H and O–H groups in total. The maximum atomic E-state index is 12.8. The van der Waals surface area contributed by atoms with Crippen LogP contribution in [0.3, 0.4) is 0 Å². The van der Waals surface area contributed by atoms with Crippen LogP contribution in [0.5, 0.6) is 5.75 Å². The highest BCUT2D eigenvalue weighted by Gasteiger charge is 2.65. The van der Waals surface area contributed by atoms with E-state index in [0.29, 0.717) is 5.56 Å². The Bertz CT molecular complexity index is 1580. The van der Waals surface area contributed by atoms with E-state index in [2.05, 4.69) is 5.32 Å². The minimum atomic E-state index is -1.90. The van der Waals surface area contributed by atoms with E-state index in [-0.39, 0.29) is 44.1 Å². The van der Waals surface area contributed by atoms with Crippen molar-refractivity contribution in [3.8, 4) is 5.75 Å². The molecular formula is C38H65N3O16. The summed E-state index contributed by atoms with van der Waals surface area (Å²) in [6, 6.07) is -0.719. The second kappa shape index (κ2) is 16.7. The van der Waals surface area contributed by atoms with Crippen LogP contribution in [0.1, 0.15) is 70.0 Å². The zero-order valence-electron chi connectivity index (χ0n) is 34.0. The van der Waals surface area contributed by atoms with Crippen LogP contribution in [-0.4, -0.2) is 180 Å². The molecule has 57 heavy (non-hydrogen) atoms. The Hall–Kier alpha value is -2.15. The lowest BCUT2D eigenvalue weighted by Gasteiger charge is -2.61. The first-order chi connectivity index (χ1) is 26.1. The monoisotopic (exact) mass is 819 g/mol. The van der Waals surface area contributed by atoms with Crippen LogP contribution >= 0.6 is 0 Å². The molecule has 3 saturated heterocycles. The lowest BCUT2D eigenvalue weighted by Crippen LogP contribution is -2.78. The van der Waals surface area contributed by atoms with Crippen LogP contribution in [0, 0.1) is 17.8 Å². The second-order valence-electron chi connectivity index (χ2n) is 17.7. The number of aryl methyl sites for hydroxylation is 1. The zero-order chi connectivity index (χ0) is 43.3. The SMILES string of the molecule is Cc1cc(CNC2C(C)(COCC3(C)C(CO)OC(O)C(N)[C@]3(C)O)OC(CO)C(C)(COCC3(C)OC(CO)C(O)[C@@](C)(O)C3N)[C@@]2(C)O)c(O)c(C(=O)O)c1. The predicted molar refractivity (Wildman–Crippen MR) is 201 cm³/mol. The van der Waals surface area contributed by atoms with Crippen molar-refractivity contribution < 1.29 is 79.5 Å².